The van der Waals surface area contributed by atoms with Gasteiger partial charge in [0, 0.05) is 11.6 Å². The van der Waals surface area contributed by atoms with Gasteiger partial charge in [-0.05, 0) is 36.2 Å². The van der Waals surface area contributed by atoms with Crippen LogP contribution in [-0.2, 0) is 6.42 Å². The number of halogens is 1. The lowest BCUT2D eigenvalue weighted by molar-refractivity contribution is 0.298. The van der Waals surface area contributed by atoms with E-state index in [2.05, 4.69) is 5.16 Å². The first-order valence-electron chi connectivity index (χ1n) is 6.29. The van der Waals surface area contributed by atoms with E-state index in [1.807, 2.05) is 18.2 Å². The molecule has 2 rings (SSSR count). The lowest BCUT2D eigenvalue weighted by Crippen LogP contribution is -2.14. The van der Waals surface area contributed by atoms with E-state index in [1.54, 1.807) is 24.3 Å². The molecule has 0 aliphatic rings. The van der Waals surface area contributed by atoms with Gasteiger partial charge in [0.05, 0.1) is 5.56 Å². The Hall–Kier alpha value is -2.24. The molecule has 0 aliphatic heterocycles. The molecule has 2 aromatic rings. The second kappa shape index (κ2) is 6.97. The molecule has 0 saturated carbocycles. The maximum absolute atomic E-state index is 9.08. The molecule has 0 spiro atoms. The van der Waals surface area contributed by atoms with Crippen molar-refractivity contribution in [2.24, 2.45) is 10.9 Å². The van der Waals surface area contributed by atoms with Crippen molar-refractivity contribution >= 4 is 17.4 Å². The van der Waals surface area contributed by atoms with E-state index in [-0.39, 0.29) is 12.4 Å². The number of nitrogens with two attached hydrogens (primary N) is 1. The van der Waals surface area contributed by atoms with Crippen LogP contribution < -0.4 is 10.5 Å². The Morgan fingerprint density at radius 3 is 2.67 bits per heavy atom. The van der Waals surface area contributed by atoms with Crippen molar-refractivity contribution in [2.75, 3.05) is 6.61 Å². The van der Waals surface area contributed by atoms with Gasteiger partial charge in [0.25, 0.3) is 0 Å². The number of para-hydroxylation sites is 1. The van der Waals surface area contributed by atoms with Crippen LogP contribution in [0, 0.1) is 0 Å². The fraction of sp³-hybridized carbons (Fsp3) is 0.133. The molecule has 6 heteroatoms. The fourth-order valence-electron chi connectivity index (χ4n) is 1.89. The largest absolute Gasteiger partial charge is 0.456 e. The van der Waals surface area contributed by atoms with Gasteiger partial charge in [0.15, 0.2) is 5.84 Å². The summed E-state index contributed by atoms with van der Waals surface area (Å²) in [5.74, 6) is 0.924. The van der Waals surface area contributed by atoms with E-state index in [0.717, 1.165) is 5.56 Å². The Kier molecular flexibility index (Phi) is 5.03. The highest BCUT2D eigenvalue weighted by molar-refractivity contribution is 6.31. The Morgan fingerprint density at radius 1 is 1.19 bits per heavy atom. The van der Waals surface area contributed by atoms with Gasteiger partial charge >= 0.3 is 0 Å². The maximum atomic E-state index is 9.08. The molecular weight excluding hydrogens is 292 g/mol. The van der Waals surface area contributed by atoms with E-state index in [4.69, 9.17) is 32.4 Å². The van der Waals surface area contributed by atoms with Crippen LogP contribution >= 0.6 is 11.6 Å². The van der Waals surface area contributed by atoms with Crippen molar-refractivity contribution in [1.29, 1.82) is 0 Å². The molecule has 0 atom stereocenters. The first kappa shape index (κ1) is 15.2. The van der Waals surface area contributed by atoms with Gasteiger partial charge in [-0.15, -0.1) is 0 Å². The normalized spacial score (nSPS) is 11.4. The summed E-state index contributed by atoms with van der Waals surface area (Å²) < 4.78 is 5.83. The molecule has 0 radical (unpaired) electrons. The first-order valence-corrected chi connectivity index (χ1v) is 6.67. The van der Waals surface area contributed by atoms with Crippen LogP contribution in [0.5, 0.6) is 11.5 Å². The lowest BCUT2D eigenvalue weighted by Gasteiger charge is -2.13. The zero-order valence-corrected chi connectivity index (χ0v) is 11.9. The Balaban J connectivity index is 2.40. The average Bonchev–Trinajstić information content (AvgIpc) is 2.50. The van der Waals surface area contributed by atoms with Crippen LogP contribution in [0.4, 0.5) is 0 Å². The van der Waals surface area contributed by atoms with Gasteiger partial charge in [-0.1, -0.05) is 35.0 Å². The van der Waals surface area contributed by atoms with Crippen molar-refractivity contribution in [3.8, 4) is 11.5 Å². The van der Waals surface area contributed by atoms with Crippen molar-refractivity contribution in [1.82, 2.24) is 0 Å². The molecule has 0 bridgehead atoms. The van der Waals surface area contributed by atoms with Gasteiger partial charge < -0.3 is 20.8 Å². The molecule has 0 unspecified atom stereocenters. The number of hydrogen-bond donors (Lipinski definition) is 3. The molecule has 0 aromatic heterocycles. The van der Waals surface area contributed by atoms with Crippen LogP contribution in [-0.4, -0.2) is 22.8 Å². The zero-order chi connectivity index (χ0) is 15.2. The summed E-state index contributed by atoms with van der Waals surface area (Å²) in [6.07, 6.45) is 0.475. The molecule has 2 aromatic carbocycles. The number of benzene rings is 2. The third-order valence-corrected chi connectivity index (χ3v) is 3.13. The molecule has 110 valence electrons. The van der Waals surface area contributed by atoms with Crippen LogP contribution in [0.25, 0.3) is 0 Å². The molecule has 0 amide bonds. The van der Waals surface area contributed by atoms with E-state index >= 15 is 0 Å². The average molecular weight is 307 g/mol. The Morgan fingerprint density at radius 2 is 1.95 bits per heavy atom. The van der Waals surface area contributed by atoms with Gasteiger partial charge in [-0.25, -0.2) is 0 Å². The van der Waals surface area contributed by atoms with Crippen molar-refractivity contribution in [3.05, 3.63) is 58.6 Å². The lowest BCUT2D eigenvalue weighted by atomic mass is 10.1. The fourth-order valence-corrected chi connectivity index (χ4v) is 2.07. The third kappa shape index (κ3) is 3.65. The van der Waals surface area contributed by atoms with Gasteiger partial charge in [-0.2, -0.15) is 0 Å². The zero-order valence-electron chi connectivity index (χ0n) is 11.2. The first-order chi connectivity index (χ1) is 10.2. The third-order valence-electron chi connectivity index (χ3n) is 2.90. The van der Waals surface area contributed by atoms with E-state index in [1.165, 1.54) is 0 Å². The van der Waals surface area contributed by atoms with Crippen molar-refractivity contribution in [2.45, 2.75) is 6.42 Å². The number of hydrogen-bond acceptors (Lipinski definition) is 4. The van der Waals surface area contributed by atoms with E-state index in [9.17, 15) is 0 Å². The van der Waals surface area contributed by atoms with E-state index in [0.29, 0.717) is 28.5 Å². The minimum atomic E-state index is -0.0906. The van der Waals surface area contributed by atoms with Crippen LogP contribution in [0.2, 0.25) is 5.02 Å². The van der Waals surface area contributed by atoms with Crippen molar-refractivity contribution < 1.29 is 15.1 Å². The van der Waals surface area contributed by atoms with Crippen molar-refractivity contribution in [3.63, 3.8) is 0 Å². The second-order valence-corrected chi connectivity index (χ2v) is 4.75. The summed E-state index contributed by atoms with van der Waals surface area (Å²) in [5, 5.41) is 21.4. The van der Waals surface area contributed by atoms with Crippen LogP contribution in [0.1, 0.15) is 11.1 Å². The molecule has 0 heterocycles. The summed E-state index contributed by atoms with van der Waals surface area (Å²) >= 11 is 5.92. The number of nitrogens with zero attached hydrogens (tertiary/aromatic N) is 1. The van der Waals surface area contributed by atoms with Gasteiger partial charge in [0.2, 0.25) is 0 Å². The summed E-state index contributed by atoms with van der Waals surface area (Å²) in [5.41, 5.74) is 6.89. The molecular formula is C15H15ClN2O3. The number of aliphatic hydroxyl groups is 1. The highest BCUT2D eigenvalue weighted by Gasteiger charge is 2.12. The summed E-state index contributed by atoms with van der Waals surface area (Å²) in [6.45, 7) is 0.0219. The Bertz CT molecular complexity index is 659. The predicted molar refractivity (Wildman–Crippen MR) is 81.3 cm³/mol. The molecule has 5 nitrogen and oxygen atoms in total. The van der Waals surface area contributed by atoms with E-state index < -0.39 is 0 Å². The standard InChI is InChI=1S/C15H15ClN2O3/c16-11-5-6-14(12(9-11)15(17)18-20)21-13-4-2-1-3-10(13)7-8-19/h1-6,9,19-20H,7-8H2,(H2,17,18). The predicted octanol–water partition coefficient (Wildman–Crippen LogP) is 2.76. The molecule has 21 heavy (non-hydrogen) atoms. The quantitative estimate of drug-likeness (QED) is 0.343. The summed E-state index contributed by atoms with van der Waals surface area (Å²) in [4.78, 5) is 0. The smallest absolute Gasteiger partial charge is 0.173 e. The molecule has 0 fully saturated rings. The maximum Gasteiger partial charge on any atom is 0.173 e. The summed E-state index contributed by atoms with van der Waals surface area (Å²) in [7, 11) is 0. The second-order valence-electron chi connectivity index (χ2n) is 4.31. The highest BCUT2D eigenvalue weighted by atomic mass is 35.5. The minimum absolute atomic E-state index is 0.0219. The molecule has 0 aliphatic carbocycles. The van der Waals surface area contributed by atoms with Gasteiger partial charge in [-0.3, -0.25) is 0 Å². The van der Waals surface area contributed by atoms with Gasteiger partial charge in [0.1, 0.15) is 11.5 Å². The number of oxime groups is 1. The summed E-state index contributed by atoms with van der Waals surface area (Å²) in [6, 6.07) is 12.2. The SMILES string of the molecule is N/C(=N/O)c1cc(Cl)ccc1Oc1ccccc1CCO. The highest BCUT2D eigenvalue weighted by Crippen LogP contribution is 2.30. The number of rotatable bonds is 5. The Labute approximate surface area is 127 Å². The molecule has 4 N–H and O–H groups in total. The van der Waals surface area contributed by atoms with Crippen LogP contribution in [0.3, 0.4) is 0 Å². The molecule has 0 saturated heterocycles. The minimum Gasteiger partial charge on any atom is -0.456 e. The van der Waals surface area contributed by atoms with Crippen LogP contribution in [0.15, 0.2) is 47.6 Å². The number of amidine groups is 1. The monoisotopic (exact) mass is 306 g/mol. The topological polar surface area (TPSA) is 88.1 Å². The number of ether oxygens (including phenoxy) is 1. The number of aliphatic hydroxyl groups excluding tert-OH is 1.